The molecule has 1 aromatic carbocycles. The van der Waals surface area contributed by atoms with E-state index in [1.165, 1.54) is 0 Å². The first kappa shape index (κ1) is 20.4. The Morgan fingerprint density at radius 2 is 2.00 bits per heavy atom. The van der Waals surface area contributed by atoms with Gasteiger partial charge in [-0.25, -0.2) is 4.98 Å². The number of nitrogens with zero attached hydrogens (tertiary/aromatic N) is 4. The number of β-amino-alcohol motifs (C(OH)–C–C–N with tert-alkyl or cyclic N) is 1. The average Bonchev–Trinajstić information content (AvgIpc) is 3.13. The molecule has 1 aliphatic heterocycles. The number of aliphatic hydroxyl groups is 1. The third kappa shape index (κ3) is 4.83. The van der Waals surface area contributed by atoms with Crippen molar-refractivity contribution in [2.45, 2.75) is 39.2 Å². The minimum atomic E-state index is -0.719. The van der Waals surface area contributed by atoms with Gasteiger partial charge < -0.3 is 19.7 Å². The largest absolute Gasteiger partial charge is 0.421 e. The maximum atomic E-state index is 12.7. The van der Waals surface area contributed by atoms with Crippen LogP contribution in [0.25, 0.3) is 22.2 Å². The van der Waals surface area contributed by atoms with Gasteiger partial charge in [0.25, 0.3) is 0 Å². The van der Waals surface area contributed by atoms with E-state index < -0.39 is 5.60 Å². The van der Waals surface area contributed by atoms with Crippen molar-refractivity contribution in [1.29, 1.82) is 0 Å². The Bertz CT molecular complexity index is 1050. The van der Waals surface area contributed by atoms with E-state index in [1.807, 2.05) is 38.1 Å². The molecule has 8 heteroatoms. The molecule has 2 aromatic heterocycles. The molecule has 0 unspecified atom stereocenters. The fourth-order valence-corrected chi connectivity index (χ4v) is 3.88. The van der Waals surface area contributed by atoms with Gasteiger partial charge in [-0.3, -0.25) is 4.79 Å². The van der Waals surface area contributed by atoms with Gasteiger partial charge in [0.2, 0.25) is 17.7 Å². The van der Waals surface area contributed by atoms with E-state index in [-0.39, 0.29) is 11.8 Å². The van der Waals surface area contributed by atoms with Gasteiger partial charge in [-0.1, -0.05) is 6.07 Å². The lowest BCUT2D eigenvalue weighted by molar-refractivity contribution is -0.121. The molecule has 1 saturated heterocycles. The van der Waals surface area contributed by atoms with Gasteiger partial charge >= 0.3 is 0 Å². The quantitative estimate of drug-likeness (QED) is 0.667. The van der Waals surface area contributed by atoms with Crippen LogP contribution in [0.2, 0.25) is 0 Å². The number of fused-ring (bicyclic) bond motifs is 1. The predicted molar refractivity (Wildman–Crippen MR) is 114 cm³/mol. The second-order valence-electron chi connectivity index (χ2n) is 8.61. The SMILES string of the molecule is Cc1nnc(-c2ccc3cnc(NC(=O)C4CCN(CC(C)(C)O)CC4)cc3c2)o1. The number of likely N-dealkylation sites (tertiary alicyclic amines) is 1. The summed E-state index contributed by atoms with van der Waals surface area (Å²) in [5, 5.41) is 22.8. The summed E-state index contributed by atoms with van der Waals surface area (Å²) < 4.78 is 5.50. The van der Waals surface area contributed by atoms with Gasteiger partial charge in [-0.15, -0.1) is 10.2 Å². The smallest absolute Gasteiger partial charge is 0.247 e. The van der Waals surface area contributed by atoms with Crippen LogP contribution in [0.4, 0.5) is 5.82 Å². The van der Waals surface area contributed by atoms with Crippen molar-refractivity contribution in [3.63, 3.8) is 0 Å². The van der Waals surface area contributed by atoms with Gasteiger partial charge in [0, 0.05) is 36.5 Å². The van der Waals surface area contributed by atoms with Crippen LogP contribution >= 0.6 is 0 Å². The van der Waals surface area contributed by atoms with Gasteiger partial charge in [0.1, 0.15) is 5.82 Å². The molecular formula is C22H27N5O3. The zero-order valence-corrected chi connectivity index (χ0v) is 17.6. The maximum absolute atomic E-state index is 12.7. The standard InChI is InChI=1S/C22H27N5O3/c1-14-25-26-21(30-14)16-4-5-17-12-23-19(11-18(17)10-16)24-20(28)15-6-8-27(9-7-15)13-22(2,3)29/h4-5,10-12,15,29H,6-9,13H2,1-3H3,(H,23,24,28). The van der Waals surface area contributed by atoms with Crippen LogP contribution in [0.3, 0.4) is 0 Å². The number of benzene rings is 1. The summed E-state index contributed by atoms with van der Waals surface area (Å²) in [6, 6.07) is 7.68. The summed E-state index contributed by atoms with van der Waals surface area (Å²) in [7, 11) is 0. The molecule has 0 atom stereocenters. The number of aromatic nitrogens is 3. The van der Waals surface area contributed by atoms with Gasteiger partial charge in [-0.05, 0) is 63.4 Å². The zero-order valence-electron chi connectivity index (χ0n) is 17.6. The number of carbonyl (C=O) groups excluding carboxylic acids is 1. The Hall–Kier alpha value is -2.84. The molecule has 3 heterocycles. The van der Waals surface area contributed by atoms with E-state index in [1.54, 1.807) is 13.1 Å². The lowest BCUT2D eigenvalue weighted by Crippen LogP contribution is -2.44. The van der Waals surface area contributed by atoms with E-state index >= 15 is 0 Å². The van der Waals surface area contributed by atoms with Gasteiger partial charge in [0.05, 0.1) is 5.60 Å². The van der Waals surface area contributed by atoms with E-state index in [0.717, 1.165) is 42.3 Å². The number of rotatable bonds is 5. The molecule has 8 nitrogen and oxygen atoms in total. The number of anilines is 1. The highest BCUT2D eigenvalue weighted by atomic mass is 16.4. The molecule has 0 radical (unpaired) electrons. The first-order chi connectivity index (χ1) is 14.3. The van der Waals surface area contributed by atoms with Crippen LogP contribution in [0, 0.1) is 12.8 Å². The number of hydrogen-bond acceptors (Lipinski definition) is 7. The summed E-state index contributed by atoms with van der Waals surface area (Å²) in [5.41, 5.74) is 0.105. The molecule has 1 aliphatic rings. The van der Waals surface area contributed by atoms with Crippen molar-refractivity contribution in [3.8, 4) is 11.5 Å². The number of amides is 1. The maximum Gasteiger partial charge on any atom is 0.247 e. The van der Waals surface area contributed by atoms with Crippen molar-refractivity contribution < 1.29 is 14.3 Å². The van der Waals surface area contributed by atoms with Crippen LogP contribution in [0.1, 0.15) is 32.6 Å². The van der Waals surface area contributed by atoms with Crippen LogP contribution in [-0.2, 0) is 4.79 Å². The number of aryl methyl sites for hydroxylation is 1. The van der Waals surface area contributed by atoms with Crippen molar-refractivity contribution >= 4 is 22.5 Å². The summed E-state index contributed by atoms with van der Waals surface area (Å²) in [4.78, 5) is 19.3. The lowest BCUT2D eigenvalue weighted by atomic mass is 9.95. The molecule has 1 amide bonds. The molecule has 4 rings (SSSR count). The van der Waals surface area contributed by atoms with Crippen molar-refractivity contribution in [3.05, 3.63) is 36.4 Å². The topological polar surface area (TPSA) is 104 Å². The Morgan fingerprint density at radius 3 is 2.67 bits per heavy atom. The monoisotopic (exact) mass is 409 g/mol. The molecule has 0 bridgehead atoms. The van der Waals surface area contributed by atoms with E-state index in [9.17, 15) is 9.90 Å². The zero-order chi connectivity index (χ0) is 21.3. The Balaban J connectivity index is 1.43. The molecule has 0 saturated carbocycles. The third-order valence-corrected chi connectivity index (χ3v) is 5.31. The Morgan fingerprint density at radius 1 is 1.23 bits per heavy atom. The molecule has 2 N–H and O–H groups in total. The van der Waals surface area contributed by atoms with Crippen molar-refractivity contribution in [1.82, 2.24) is 20.1 Å². The first-order valence-electron chi connectivity index (χ1n) is 10.2. The van der Waals surface area contributed by atoms with E-state index in [4.69, 9.17) is 4.42 Å². The number of nitrogens with one attached hydrogen (secondary N) is 1. The number of pyridine rings is 1. The summed E-state index contributed by atoms with van der Waals surface area (Å²) in [6.45, 7) is 7.60. The molecule has 158 valence electrons. The van der Waals surface area contributed by atoms with Crippen molar-refractivity contribution in [2.75, 3.05) is 25.0 Å². The van der Waals surface area contributed by atoms with Gasteiger partial charge in [0.15, 0.2) is 0 Å². The Kier molecular flexibility index (Phi) is 5.53. The second kappa shape index (κ2) is 8.12. The summed E-state index contributed by atoms with van der Waals surface area (Å²) in [6.07, 6.45) is 3.30. The highest BCUT2D eigenvalue weighted by molar-refractivity contribution is 5.94. The summed E-state index contributed by atoms with van der Waals surface area (Å²) in [5.74, 6) is 1.46. The molecule has 1 fully saturated rings. The lowest BCUT2D eigenvalue weighted by Gasteiger charge is -2.34. The molecule has 0 aliphatic carbocycles. The summed E-state index contributed by atoms with van der Waals surface area (Å²) >= 11 is 0. The highest BCUT2D eigenvalue weighted by Crippen LogP contribution is 2.26. The predicted octanol–water partition coefficient (Wildman–Crippen LogP) is 3.01. The van der Waals surface area contributed by atoms with Crippen LogP contribution in [0.5, 0.6) is 0 Å². The Labute approximate surface area is 175 Å². The highest BCUT2D eigenvalue weighted by Gasteiger charge is 2.27. The number of hydrogen-bond donors (Lipinski definition) is 2. The fraction of sp³-hybridized carbons (Fsp3) is 0.455. The minimum Gasteiger partial charge on any atom is -0.421 e. The van der Waals surface area contributed by atoms with Crippen LogP contribution < -0.4 is 5.32 Å². The molecule has 30 heavy (non-hydrogen) atoms. The van der Waals surface area contributed by atoms with E-state index in [2.05, 4.69) is 25.4 Å². The fourth-order valence-electron chi connectivity index (χ4n) is 3.88. The van der Waals surface area contributed by atoms with Crippen LogP contribution in [-0.4, -0.2) is 56.3 Å². The normalized spacial score (nSPS) is 16.1. The molecular weight excluding hydrogens is 382 g/mol. The average molecular weight is 409 g/mol. The number of carbonyl (C=O) groups is 1. The first-order valence-corrected chi connectivity index (χ1v) is 10.2. The number of piperidine rings is 1. The van der Waals surface area contributed by atoms with E-state index in [0.29, 0.717) is 24.1 Å². The molecule has 0 spiro atoms. The second-order valence-corrected chi connectivity index (χ2v) is 8.61. The van der Waals surface area contributed by atoms with Crippen LogP contribution in [0.15, 0.2) is 34.9 Å². The minimum absolute atomic E-state index is 0.00607. The molecule has 3 aromatic rings. The van der Waals surface area contributed by atoms with Gasteiger partial charge in [-0.2, -0.15) is 0 Å². The third-order valence-electron chi connectivity index (χ3n) is 5.31. The van der Waals surface area contributed by atoms with Crippen molar-refractivity contribution in [2.24, 2.45) is 5.92 Å².